The Balaban J connectivity index is 1.54. The highest BCUT2D eigenvalue weighted by molar-refractivity contribution is 5.76. The Morgan fingerprint density at radius 3 is 2.21 bits per heavy atom. The molecule has 1 saturated heterocycles. The first-order valence-electron chi connectivity index (χ1n) is 8.22. The number of benzene rings is 1. The van der Waals surface area contributed by atoms with Gasteiger partial charge in [-0.1, -0.05) is 12.1 Å². The predicted octanol–water partition coefficient (Wildman–Crippen LogP) is 2.36. The molecule has 0 atom stereocenters. The third-order valence-corrected chi connectivity index (χ3v) is 4.41. The third-order valence-electron chi connectivity index (χ3n) is 4.41. The van der Waals surface area contributed by atoms with Gasteiger partial charge in [0.25, 0.3) is 0 Å². The maximum absolute atomic E-state index is 4.83. The van der Waals surface area contributed by atoms with Crippen LogP contribution in [0.15, 0.2) is 36.7 Å². The maximum atomic E-state index is 4.83. The molecule has 0 aliphatic carbocycles. The number of anilines is 2. The summed E-state index contributed by atoms with van der Waals surface area (Å²) in [5.74, 6) is 2.00. The van der Waals surface area contributed by atoms with Crippen molar-refractivity contribution in [3.63, 3.8) is 0 Å². The average molecular weight is 320 g/mol. The van der Waals surface area contributed by atoms with Gasteiger partial charge < -0.3 is 9.80 Å². The van der Waals surface area contributed by atoms with E-state index in [4.69, 9.17) is 9.97 Å². The van der Waals surface area contributed by atoms with Gasteiger partial charge in [0.15, 0.2) is 5.82 Å². The molecule has 1 aliphatic rings. The van der Waals surface area contributed by atoms with Gasteiger partial charge in [-0.3, -0.25) is 0 Å². The van der Waals surface area contributed by atoms with E-state index >= 15 is 0 Å². The Hall–Kier alpha value is -2.76. The van der Waals surface area contributed by atoms with Crippen LogP contribution >= 0.6 is 0 Å². The van der Waals surface area contributed by atoms with Crippen molar-refractivity contribution in [1.29, 1.82) is 0 Å². The Morgan fingerprint density at radius 1 is 0.833 bits per heavy atom. The number of nitrogens with zero attached hydrogens (tertiary/aromatic N) is 6. The van der Waals surface area contributed by atoms with E-state index in [2.05, 4.69) is 19.8 Å². The maximum Gasteiger partial charge on any atom is 0.150 e. The molecule has 6 heteroatoms. The quantitative estimate of drug-likeness (QED) is 0.722. The van der Waals surface area contributed by atoms with E-state index in [1.165, 1.54) is 0 Å². The highest BCUT2D eigenvalue weighted by Gasteiger charge is 2.21. The van der Waals surface area contributed by atoms with Crippen molar-refractivity contribution < 1.29 is 0 Å². The number of fused-ring (bicyclic) bond motifs is 1. The van der Waals surface area contributed by atoms with E-state index in [1.807, 2.05) is 44.2 Å². The lowest BCUT2D eigenvalue weighted by Gasteiger charge is -2.36. The van der Waals surface area contributed by atoms with Crippen LogP contribution in [0.25, 0.3) is 11.0 Å². The molecule has 1 fully saturated rings. The molecule has 3 aromatic rings. The number of hydrogen-bond acceptors (Lipinski definition) is 6. The number of rotatable bonds is 2. The summed E-state index contributed by atoms with van der Waals surface area (Å²) in [6, 6.07) is 10.1. The van der Waals surface area contributed by atoms with Crippen molar-refractivity contribution in [2.45, 2.75) is 13.8 Å². The molecule has 24 heavy (non-hydrogen) atoms. The summed E-state index contributed by atoms with van der Waals surface area (Å²) in [4.78, 5) is 22.7. The molecule has 1 aromatic carbocycles. The zero-order valence-electron chi connectivity index (χ0n) is 14.0. The molecule has 0 N–H and O–H groups in total. The van der Waals surface area contributed by atoms with Crippen molar-refractivity contribution in [1.82, 2.24) is 19.9 Å². The largest absolute Gasteiger partial charge is 0.353 e. The van der Waals surface area contributed by atoms with Gasteiger partial charge in [-0.2, -0.15) is 0 Å². The lowest BCUT2D eigenvalue weighted by Crippen LogP contribution is -2.47. The normalized spacial score (nSPS) is 15.1. The molecule has 0 bridgehead atoms. The number of piperazine rings is 1. The Bertz CT molecular complexity index is 870. The zero-order valence-corrected chi connectivity index (χ0v) is 14.0. The molecule has 0 saturated carbocycles. The Labute approximate surface area is 141 Å². The fourth-order valence-corrected chi connectivity index (χ4v) is 3.14. The van der Waals surface area contributed by atoms with Gasteiger partial charge in [0.2, 0.25) is 0 Å². The monoisotopic (exact) mass is 320 g/mol. The molecule has 4 rings (SSSR count). The van der Waals surface area contributed by atoms with Crippen molar-refractivity contribution >= 4 is 22.7 Å². The molecule has 0 unspecified atom stereocenters. The van der Waals surface area contributed by atoms with Crippen molar-refractivity contribution in [2.75, 3.05) is 36.0 Å². The lowest BCUT2D eigenvalue weighted by molar-refractivity contribution is 0.639. The van der Waals surface area contributed by atoms with E-state index < -0.39 is 0 Å². The molecular formula is C18H20N6. The smallest absolute Gasteiger partial charge is 0.150 e. The summed E-state index contributed by atoms with van der Waals surface area (Å²) in [6.07, 6.45) is 1.63. The summed E-state index contributed by atoms with van der Waals surface area (Å²) in [7, 11) is 0. The second kappa shape index (κ2) is 6.03. The van der Waals surface area contributed by atoms with Gasteiger partial charge in [0.1, 0.15) is 12.1 Å². The minimum atomic E-state index is 0.914. The summed E-state index contributed by atoms with van der Waals surface area (Å²) in [5, 5.41) is 0. The van der Waals surface area contributed by atoms with Gasteiger partial charge >= 0.3 is 0 Å². The first kappa shape index (κ1) is 14.8. The average Bonchev–Trinajstić information content (AvgIpc) is 2.61. The van der Waals surface area contributed by atoms with Crippen molar-refractivity contribution in [3.8, 4) is 0 Å². The number of para-hydroxylation sites is 2. The standard InChI is InChI=1S/C18H20N6/c1-13-11-17(20-12-19-13)23-7-9-24(10-8-23)18-14(2)21-15-5-3-4-6-16(15)22-18/h3-6,11-12H,7-10H2,1-2H3. The molecule has 1 aliphatic heterocycles. The van der Waals surface area contributed by atoms with Crippen LogP contribution in [0.3, 0.4) is 0 Å². The van der Waals surface area contributed by atoms with Crippen LogP contribution in [0.5, 0.6) is 0 Å². The first-order valence-corrected chi connectivity index (χ1v) is 8.22. The highest BCUT2D eigenvalue weighted by atomic mass is 15.3. The van der Waals surface area contributed by atoms with Crippen LogP contribution in [-0.4, -0.2) is 46.1 Å². The second-order valence-corrected chi connectivity index (χ2v) is 6.11. The lowest BCUT2D eigenvalue weighted by atomic mass is 10.2. The molecule has 2 aromatic heterocycles. The van der Waals surface area contributed by atoms with Crippen LogP contribution in [0.2, 0.25) is 0 Å². The predicted molar refractivity (Wildman–Crippen MR) is 95.5 cm³/mol. The van der Waals surface area contributed by atoms with Crippen LogP contribution in [-0.2, 0) is 0 Å². The summed E-state index contributed by atoms with van der Waals surface area (Å²) < 4.78 is 0. The van der Waals surface area contributed by atoms with Gasteiger partial charge in [-0.15, -0.1) is 0 Å². The van der Waals surface area contributed by atoms with Gasteiger partial charge in [-0.25, -0.2) is 19.9 Å². The number of hydrogen-bond donors (Lipinski definition) is 0. The number of aryl methyl sites for hydroxylation is 2. The molecular weight excluding hydrogens is 300 g/mol. The van der Waals surface area contributed by atoms with E-state index in [0.29, 0.717) is 0 Å². The van der Waals surface area contributed by atoms with Gasteiger partial charge in [0.05, 0.1) is 16.7 Å². The Morgan fingerprint density at radius 2 is 1.50 bits per heavy atom. The van der Waals surface area contributed by atoms with E-state index in [1.54, 1.807) is 6.33 Å². The minimum absolute atomic E-state index is 0.914. The van der Waals surface area contributed by atoms with Crippen LogP contribution < -0.4 is 9.80 Å². The first-order chi connectivity index (χ1) is 11.7. The van der Waals surface area contributed by atoms with E-state index in [-0.39, 0.29) is 0 Å². The highest BCUT2D eigenvalue weighted by Crippen LogP contribution is 2.22. The van der Waals surface area contributed by atoms with Gasteiger partial charge in [-0.05, 0) is 26.0 Å². The van der Waals surface area contributed by atoms with E-state index in [9.17, 15) is 0 Å². The molecule has 3 heterocycles. The molecule has 122 valence electrons. The van der Waals surface area contributed by atoms with E-state index in [0.717, 1.165) is 60.2 Å². The fraction of sp³-hybridized carbons (Fsp3) is 0.333. The number of aromatic nitrogens is 4. The van der Waals surface area contributed by atoms with Crippen molar-refractivity contribution in [3.05, 3.63) is 48.0 Å². The topological polar surface area (TPSA) is 58.0 Å². The van der Waals surface area contributed by atoms with Crippen LogP contribution in [0, 0.1) is 13.8 Å². The van der Waals surface area contributed by atoms with Crippen molar-refractivity contribution in [2.24, 2.45) is 0 Å². The Kier molecular flexibility index (Phi) is 3.72. The fourth-order valence-electron chi connectivity index (χ4n) is 3.14. The zero-order chi connectivity index (χ0) is 16.5. The molecule has 6 nitrogen and oxygen atoms in total. The second-order valence-electron chi connectivity index (χ2n) is 6.11. The molecule has 0 radical (unpaired) electrons. The van der Waals surface area contributed by atoms with Crippen LogP contribution in [0.4, 0.5) is 11.6 Å². The summed E-state index contributed by atoms with van der Waals surface area (Å²) in [6.45, 7) is 7.70. The molecule has 0 amide bonds. The SMILES string of the molecule is Cc1cc(N2CCN(c3nc4ccccc4nc3C)CC2)ncn1. The molecule has 0 spiro atoms. The minimum Gasteiger partial charge on any atom is -0.353 e. The van der Waals surface area contributed by atoms with Gasteiger partial charge in [0, 0.05) is 37.9 Å². The van der Waals surface area contributed by atoms with Crippen LogP contribution in [0.1, 0.15) is 11.4 Å². The summed E-state index contributed by atoms with van der Waals surface area (Å²) in [5.41, 5.74) is 3.89. The summed E-state index contributed by atoms with van der Waals surface area (Å²) >= 11 is 0. The third kappa shape index (κ3) is 2.75.